The van der Waals surface area contributed by atoms with Crippen molar-refractivity contribution in [3.05, 3.63) is 58.6 Å². The summed E-state index contributed by atoms with van der Waals surface area (Å²) < 4.78 is 38.9. The van der Waals surface area contributed by atoms with Gasteiger partial charge in [-0.05, 0) is 17.2 Å². The summed E-state index contributed by atoms with van der Waals surface area (Å²) in [5, 5.41) is 0.265. The molecule has 1 nitrogen and oxygen atoms in total. The van der Waals surface area contributed by atoms with Crippen LogP contribution in [0, 0.1) is 0 Å². The van der Waals surface area contributed by atoms with E-state index in [1.807, 2.05) is 0 Å². The first-order valence-electron chi connectivity index (χ1n) is 5.59. The van der Waals surface area contributed by atoms with E-state index in [0.29, 0.717) is 11.1 Å². The Balaban J connectivity index is 2.67. The van der Waals surface area contributed by atoms with E-state index in [-0.39, 0.29) is 17.1 Å². The topological polar surface area (TPSA) is 26.0 Å². The number of nitrogens with two attached hydrogens (primary N) is 1. The molecule has 0 bridgehead atoms. The molecule has 0 aliphatic carbocycles. The van der Waals surface area contributed by atoms with Crippen molar-refractivity contribution in [3.8, 4) is 11.1 Å². The summed E-state index contributed by atoms with van der Waals surface area (Å²) in [7, 11) is 0. The van der Waals surface area contributed by atoms with Crippen molar-refractivity contribution in [1.82, 2.24) is 0 Å². The minimum absolute atomic E-state index is 0.0651. The van der Waals surface area contributed by atoms with Crippen molar-refractivity contribution >= 4 is 11.6 Å². The first-order valence-corrected chi connectivity index (χ1v) is 5.97. The molecule has 0 radical (unpaired) electrons. The molecule has 0 atom stereocenters. The van der Waals surface area contributed by atoms with Gasteiger partial charge in [0, 0.05) is 12.1 Å². The molecular formula is C14H11ClF3N. The van der Waals surface area contributed by atoms with Crippen LogP contribution in [0.5, 0.6) is 0 Å². The predicted molar refractivity (Wildman–Crippen MR) is 69.8 cm³/mol. The highest BCUT2D eigenvalue weighted by molar-refractivity contribution is 6.34. The monoisotopic (exact) mass is 285 g/mol. The first kappa shape index (κ1) is 13.9. The molecular weight excluding hydrogens is 275 g/mol. The van der Waals surface area contributed by atoms with Gasteiger partial charge in [-0.25, -0.2) is 0 Å². The molecule has 5 heteroatoms. The fourth-order valence-electron chi connectivity index (χ4n) is 1.91. The Morgan fingerprint density at radius 3 is 2.21 bits per heavy atom. The van der Waals surface area contributed by atoms with Gasteiger partial charge in [0.05, 0.1) is 10.6 Å². The van der Waals surface area contributed by atoms with Crippen LogP contribution in [0.3, 0.4) is 0 Å². The summed E-state index contributed by atoms with van der Waals surface area (Å²) in [6.45, 7) is 0.181. The molecule has 0 saturated carbocycles. The van der Waals surface area contributed by atoms with Crippen LogP contribution in [0.2, 0.25) is 5.02 Å². The van der Waals surface area contributed by atoms with Gasteiger partial charge in [-0.1, -0.05) is 48.0 Å². The molecule has 0 fully saturated rings. The van der Waals surface area contributed by atoms with Gasteiger partial charge in [0.1, 0.15) is 0 Å². The van der Waals surface area contributed by atoms with Gasteiger partial charge < -0.3 is 5.73 Å². The van der Waals surface area contributed by atoms with Crippen LogP contribution in [0.25, 0.3) is 11.1 Å². The fourth-order valence-corrected chi connectivity index (χ4v) is 2.22. The van der Waals surface area contributed by atoms with E-state index in [1.54, 1.807) is 24.3 Å². The van der Waals surface area contributed by atoms with Gasteiger partial charge in [-0.3, -0.25) is 0 Å². The van der Waals surface area contributed by atoms with Gasteiger partial charge in [0.25, 0.3) is 0 Å². The molecule has 0 aliphatic heterocycles. The zero-order valence-corrected chi connectivity index (χ0v) is 10.6. The van der Waals surface area contributed by atoms with Gasteiger partial charge >= 0.3 is 6.18 Å². The Morgan fingerprint density at radius 2 is 1.58 bits per heavy atom. The maximum atomic E-state index is 13.0. The van der Waals surface area contributed by atoms with Gasteiger partial charge in [0.15, 0.2) is 0 Å². The van der Waals surface area contributed by atoms with Crippen molar-refractivity contribution in [1.29, 1.82) is 0 Å². The molecule has 100 valence electrons. The van der Waals surface area contributed by atoms with Crippen LogP contribution in [0.1, 0.15) is 11.1 Å². The number of benzene rings is 2. The smallest absolute Gasteiger partial charge is 0.326 e. The predicted octanol–water partition coefficient (Wildman–Crippen LogP) is 4.48. The second kappa shape index (κ2) is 5.23. The Labute approximate surface area is 113 Å². The van der Waals surface area contributed by atoms with E-state index in [4.69, 9.17) is 17.3 Å². The van der Waals surface area contributed by atoms with Gasteiger partial charge in [0.2, 0.25) is 0 Å². The highest BCUT2D eigenvalue weighted by Gasteiger charge is 2.33. The lowest BCUT2D eigenvalue weighted by Gasteiger charge is -2.15. The number of hydrogen-bond donors (Lipinski definition) is 1. The zero-order chi connectivity index (χ0) is 14.0. The fraction of sp³-hybridized carbons (Fsp3) is 0.143. The summed E-state index contributed by atoms with van der Waals surface area (Å²) in [4.78, 5) is 0. The number of rotatable bonds is 2. The third-order valence-corrected chi connectivity index (χ3v) is 3.27. The van der Waals surface area contributed by atoms with E-state index >= 15 is 0 Å². The Kier molecular flexibility index (Phi) is 3.83. The SMILES string of the molecule is NCc1cccc(-c2ccccc2C(F)(F)F)c1Cl. The molecule has 0 amide bonds. The van der Waals surface area contributed by atoms with Gasteiger partial charge in [-0.15, -0.1) is 0 Å². The van der Waals surface area contributed by atoms with Crippen LogP contribution < -0.4 is 5.73 Å². The third-order valence-electron chi connectivity index (χ3n) is 2.82. The van der Waals surface area contributed by atoms with Crippen molar-refractivity contribution < 1.29 is 13.2 Å². The third kappa shape index (κ3) is 2.74. The molecule has 0 aliphatic rings. The van der Waals surface area contributed by atoms with Crippen LogP contribution in [0.4, 0.5) is 13.2 Å². The lowest BCUT2D eigenvalue weighted by atomic mass is 9.97. The highest BCUT2D eigenvalue weighted by atomic mass is 35.5. The molecule has 2 rings (SSSR count). The summed E-state index contributed by atoms with van der Waals surface area (Å²) in [5.41, 5.74) is 5.84. The molecule has 19 heavy (non-hydrogen) atoms. The first-order chi connectivity index (χ1) is 8.95. The Morgan fingerprint density at radius 1 is 0.947 bits per heavy atom. The lowest BCUT2D eigenvalue weighted by molar-refractivity contribution is -0.137. The average molecular weight is 286 g/mol. The molecule has 0 saturated heterocycles. The van der Waals surface area contributed by atoms with Crippen LogP contribution >= 0.6 is 11.6 Å². The van der Waals surface area contributed by atoms with Crippen molar-refractivity contribution in [2.24, 2.45) is 5.73 Å². The van der Waals surface area contributed by atoms with E-state index in [9.17, 15) is 13.2 Å². The van der Waals surface area contributed by atoms with Crippen LogP contribution in [-0.2, 0) is 12.7 Å². The van der Waals surface area contributed by atoms with Crippen LogP contribution in [0.15, 0.2) is 42.5 Å². The van der Waals surface area contributed by atoms with E-state index < -0.39 is 11.7 Å². The quantitative estimate of drug-likeness (QED) is 0.865. The summed E-state index contributed by atoms with van der Waals surface area (Å²) in [6.07, 6.45) is -4.42. The molecule has 2 aromatic carbocycles. The van der Waals surface area contributed by atoms with E-state index in [2.05, 4.69) is 0 Å². The maximum Gasteiger partial charge on any atom is 0.417 e. The van der Waals surface area contributed by atoms with Crippen molar-refractivity contribution in [2.75, 3.05) is 0 Å². The molecule has 0 spiro atoms. The lowest BCUT2D eigenvalue weighted by Crippen LogP contribution is -2.07. The summed E-state index contributed by atoms with van der Waals surface area (Å²) in [6, 6.07) is 10.3. The summed E-state index contributed by atoms with van der Waals surface area (Å²) >= 11 is 6.12. The zero-order valence-electron chi connectivity index (χ0n) is 9.84. The normalized spacial score (nSPS) is 11.6. The minimum atomic E-state index is -4.42. The molecule has 2 N–H and O–H groups in total. The Hall–Kier alpha value is -1.52. The van der Waals surface area contributed by atoms with Crippen molar-refractivity contribution in [3.63, 3.8) is 0 Å². The second-order valence-corrected chi connectivity index (χ2v) is 4.40. The standard InChI is InChI=1S/C14H11ClF3N/c15-13-9(8-19)4-3-6-11(13)10-5-1-2-7-12(10)14(16,17)18/h1-7H,8,19H2. The Bertz CT molecular complexity index is 593. The number of hydrogen-bond acceptors (Lipinski definition) is 1. The van der Waals surface area contributed by atoms with E-state index in [0.717, 1.165) is 6.07 Å². The molecule has 0 aromatic heterocycles. The number of halogens is 4. The van der Waals surface area contributed by atoms with Crippen molar-refractivity contribution in [2.45, 2.75) is 12.7 Å². The highest BCUT2D eigenvalue weighted by Crippen LogP contribution is 2.40. The van der Waals surface area contributed by atoms with Gasteiger partial charge in [-0.2, -0.15) is 13.2 Å². The largest absolute Gasteiger partial charge is 0.417 e. The van der Waals surface area contributed by atoms with E-state index in [1.165, 1.54) is 12.1 Å². The maximum absolute atomic E-state index is 13.0. The minimum Gasteiger partial charge on any atom is -0.326 e. The molecule has 0 heterocycles. The molecule has 0 unspecified atom stereocenters. The van der Waals surface area contributed by atoms with Crippen LogP contribution in [-0.4, -0.2) is 0 Å². The number of alkyl halides is 3. The summed E-state index contributed by atoms with van der Waals surface area (Å²) in [5.74, 6) is 0. The average Bonchev–Trinajstić information content (AvgIpc) is 2.38. The molecule has 2 aromatic rings. The second-order valence-electron chi connectivity index (χ2n) is 4.03.